The lowest BCUT2D eigenvalue weighted by molar-refractivity contribution is 0.223. The smallest absolute Gasteiger partial charge is 0.227 e. The van der Waals surface area contributed by atoms with Crippen molar-refractivity contribution in [1.29, 1.82) is 0 Å². The Morgan fingerprint density at radius 2 is 1.76 bits per heavy atom. The highest BCUT2D eigenvalue weighted by Gasteiger charge is 2.41. The molecule has 0 fully saturated rings. The Morgan fingerprint density at radius 3 is 2.50 bits per heavy atom. The van der Waals surface area contributed by atoms with E-state index in [4.69, 9.17) is 21.4 Å². The highest BCUT2D eigenvalue weighted by molar-refractivity contribution is 7.98. The largest absolute Gasteiger partial charge is 0.480 e. The highest BCUT2D eigenvalue weighted by Crippen LogP contribution is 2.51. The van der Waals surface area contributed by atoms with Gasteiger partial charge in [-0.2, -0.15) is 4.98 Å². The lowest BCUT2D eigenvalue weighted by Gasteiger charge is -2.39. The molecule has 170 valence electrons. The molecule has 0 aliphatic carbocycles. The number of rotatable bonds is 3. The SMILES string of the molecule is CSc1nc2n(n1)C(c1ccc(F)cc1)C1=C(N2)c2cc(Cl)ccc2OC1c1ccc(C)cc1. The number of anilines is 1. The average molecular weight is 491 g/mol. The Balaban J connectivity index is 1.63. The number of ether oxygens (including phenoxy) is 1. The standard InChI is InChI=1S/C26H20ClFN4OS/c1-14-3-5-16(6-4-14)24-21-22(19-13-17(27)9-12-20(19)33-24)29-25-30-26(34-2)31-32(25)23(21)15-7-10-18(28)11-8-15/h3-13,23-24H,1-2H3,(H,29,30,31). The second-order valence-corrected chi connectivity index (χ2v) is 9.53. The first-order chi connectivity index (χ1) is 16.5. The van der Waals surface area contributed by atoms with Gasteiger partial charge in [0, 0.05) is 16.2 Å². The van der Waals surface area contributed by atoms with E-state index in [-0.39, 0.29) is 18.0 Å². The molecule has 3 aromatic carbocycles. The summed E-state index contributed by atoms with van der Waals surface area (Å²) in [5.41, 5.74) is 5.78. The number of hydrogen-bond donors (Lipinski definition) is 1. The fourth-order valence-electron chi connectivity index (χ4n) is 4.55. The van der Waals surface area contributed by atoms with Gasteiger partial charge in [-0.05, 0) is 54.6 Å². The van der Waals surface area contributed by atoms with Crippen molar-refractivity contribution in [3.05, 3.63) is 105 Å². The van der Waals surface area contributed by atoms with Crippen LogP contribution in [0.15, 0.2) is 77.5 Å². The molecule has 4 aromatic rings. The maximum atomic E-state index is 13.9. The molecule has 3 heterocycles. The molecule has 8 heteroatoms. The van der Waals surface area contributed by atoms with Gasteiger partial charge in [-0.25, -0.2) is 9.07 Å². The van der Waals surface area contributed by atoms with Gasteiger partial charge in [0.1, 0.15) is 23.7 Å². The summed E-state index contributed by atoms with van der Waals surface area (Å²) in [5.74, 6) is 1.06. The minimum absolute atomic E-state index is 0.289. The van der Waals surface area contributed by atoms with Crippen LogP contribution in [0.25, 0.3) is 5.70 Å². The van der Waals surface area contributed by atoms with Crippen molar-refractivity contribution in [1.82, 2.24) is 14.8 Å². The minimum Gasteiger partial charge on any atom is -0.480 e. The summed E-state index contributed by atoms with van der Waals surface area (Å²) in [6.45, 7) is 2.06. The normalized spacial score (nSPS) is 18.5. The molecule has 2 aliphatic heterocycles. The Bertz CT molecular complexity index is 1430. The van der Waals surface area contributed by atoms with E-state index < -0.39 is 0 Å². The van der Waals surface area contributed by atoms with Crippen LogP contribution < -0.4 is 10.1 Å². The Labute approximate surface area is 205 Å². The number of hydrogen-bond acceptors (Lipinski definition) is 5. The summed E-state index contributed by atoms with van der Waals surface area (Å²) in [6, 6.07) is 20.1. The number of fused-ring (bicyclic) bond motifs is 3. The molecule has 1 N–H and O–H groups in total. The molecule has 2 aliphatic rings. The number of aromatic nitrogens is 3. The topological polar surface area (TPSA) is 52.0 Å². The number of nitrogens with one attached hydrogen (secondary N) is 1. The molecule has 0 amide bonds. The Hall–Kier alpha value is -3.29. The summed E-state index contributed by atoms with van der Waals surface area (Å²) in [4.78, 5) is 4.68. The van der Waals surface area contributed by atoms with Gasteiger partial charge in [0.25, 0.3) is 0 Å². The van der Waals surface area contributed by atoms with Gasteiger partial charge in [0.15, 0.2) is 0 Å². The molecular formula is C26H20ClFN4OS. The van der Waals surface area contributed by atoms with Crippen LogP contribution in [0.2, 0.25) is 5.02 Å². The van der Waals surface area contributed by atoms with E-state index in [1.54, 1.807) is 12.1 Å². The van der Waals surface area contributed by atoms with Crippen molar-refractivity contribution in [2.45, 2.75) is 24.2 Å². The molecule has 2 atom stereocenters. The van der Waals surface area contributed by atoms with Crippen LogP contribution in [-0.4, -0.2) is 21.0 Å². The van der Waals surface area contributed by atoms with Crippen LogP contribution in [0.3, 0.4) is 0 Å². The molecular weight excluding hydrogens is 471 g/mol. The monoisotopic (exact) mass is 490 g/mol. The number of benzene rings is 3. The third kappa shape index (κ3) is 3.47. The average Bonchev–Trinajstić information content (AvgIpc) is 3.27. The Kier molecular flexibility index (Phi) is 5.12. The second-order valence-electron chi connectivity index (χ2n) is 8.33. The van der Waals surface area contributed by atoms with E-state index in [1.165, 1.54) is 29.5 Å². The van der Waals surface area contributed by atoms with Gasteiger partial charge in [0.05, 0.1) is 5.70 Å². The van der Waals surface area contributed by atoms with E-state index in [9.17, 15) is 4.39 Å². The number of thioether (sulfide) groups is 1. The quantitative estimate of drug-likeness (QED) is 0.325. The first kappa shape index (κ1) is 21.3. The van der Waals surface area contributed by atoms with Crippen LogP contribution in [0.4, 0.5) is 10.3 Å². The van der Waals surface area contributed by atoms with Crippen molar-refractivity contribution >= 4 is 35.0 Å². The van der Waals surface area contributed by atoms with Gasteiger partial charge in [-0.1, -0.05) is 65.3 Å². The molecule has 1 aromatic heterocycles. The summed E-state index contributed by atoms with van der Waals surface area (Å²) in [5, 5.41) is 9.51. The van der Waals surface area contributed by atoms with Crippen molar-refractivity contribution in [3.63, 3.8) is 0 Å². The van der Waals surface area contributed by atoms with E-state index in [0.717, 1.165) is 33.7 Å². The second kappa shape index (κ2) is 8.18. The fraction of sp³-hybridized carbons (Fsp3) is 0.154. The third-order valence-electron chi connectivity index (χ3n) is 6.16. The molecule has 5 nitrogen and oxygen atoms in total. The van der Waals surface area contributed by atoms with E-state index in [0.29, 0.717) is 16.1 Å². The predicted molar refractivity (Wildman–Crippen MR) is 133 cm³/mol. The van der Waals surface area contributed by atoms with Gasteiger partial charge >= 0.3 is 0 Å². The summed E-state index contributed by atoms with van der Waals surface area (Å²) in [7, 11) is 0. The molecule has 0 saturated carbocycles. The molecule has 0 spiro atoms. The Morgan fingerprint density at radius 1 is 1.03 bits per heavy atom. The first-order valence-corrected chi connectivity index (χ1v) is 12.4. The molecule has 34 heavy (non-hydrogen) atoms. The highest BCUT2D eigenvalue weighted by atomic mass is 35.5. The number of aryl methyl sites for hydroxylation is 1. The minimum atomic E-state index is -0.387. The third-order valence-corrected chi connectivity index (χ3v) is 6.94. The van der Waals surface area contributed by atoms with Gasteiger partial charge in [-0.15, -0.1) is 5.10 Å². The molecule has 6 rings (SSSR count). The fourth-order valence-corrected chi connectivity index (χ4v) is 5.07. The molecule has 0 radical (unpaired) electrons. The maximum absolute atomic E-state index is 13.9. The maximum Gasteiger partial charge on any atom is 0.227 e. The van der Waals surface area contributed by atoms with Gasteiger partial charge in [0.2, 0.25) is 11.1 Å². The van der Waals surface area contributed by atoms with Gasteiger partial charge in [-0.3, -0.25) is 0 Å². The number of nitrogens with zero attached hydrogens (tertiary/aromatic N) is 3. The molecule has 0 saturated heterocycles. The summed E-state index contributed by atoms with van der Waals surface area (Å²) < 4.78 is 22.3. The zero-order valence-electron chi connectivity index (χ0n) is 18.4. The number of halogens is 2. The van der Waals surface area contributed by atoms with Crippen LogP contribution in [0.1, 0.15) is 34.4 Å². The van der Waals surface area contributed by atoms with Crippen molar-refractivity contribution in [3.8, 4) is 5.75 Å². The van der Waals surface area contributed by atoms with Crippen LogP contribution in [0, 0.1) is 12.7 Å². The summed E-state index contributed by atoms with van der Waals surface area (Å²) in [6.07, 6.45) is 1.55. The zero-order chi connectivity index (χ0) is 23.4. The van der Waals surface area contributed by atoms with Gasteiger partial charge < -0.3 is 10.1 Å². The molecule has 0 bridgehead atoms. The lowest BCUT2D eigenvalue weighted by atomic mass is 9.84. The van der Waals surface area contributed by atoms with E-state index >= 15 is 0 Å². The summed E-state index contributed by atoms with van der Waals surface area (Å²) >= 11 is 7.86. The van der Waals surface area contributed by atoms with Crippen LogP contribution >= 0.6 is 23.4 Å². The first-order valence-electron chi connectivity index (χ1n) is 10.8. The van der Waals surface area contributed by atoms with E-state index in [2.05, 4.69) is 41.5 Å². The predicted octanol–water partition coefficient (Wildman–Crippen LogP) is 6.66. The van der Waals surface area contributed by atoms with Crippen molar-refractivity contribution in [2.24, 2.45) is 0 Å². The lowest BCUT2D eigenvalue weighted by Crippen LogP contribution is -2.32. The van der Waals surface area contributed by atoms with E-state index in [1.807, 2.05) is 29.1 Å². The van der Waals surface area contributed by atoms with Crippen molar-refractivity contribution < 1.29 is 9.13 Å². The van der Waals surface area contributed by atoms with Crippen LogP contribution in [-0.2, 0) is 0 Å². The zero-order valence-corrected chi connectivity index (χ0v) is 20.0. The van der Waals surface area contributed by atoms with Crippen molar-refractivity contribution in [2.75, 3.05) is 11.6 Å². The molecule has 2 unspecified atom stereocenters. The van der Waals surface area contributed by atoms with Crippen LogP contribution in [0.5, 0.6) is 5.75 Å².